The lowest BCUT2D eigenvalue weighted by Crippen LogP contribution is -1.87. The minimum Gasteiger partial charge on any atom is -0.372 e. The molecular formula is C11H14O. The fourth-order valence-corrected chi connectivity index (χ4v) is 1.67. The van der Waals surface area contributed by atoms with Gasteiger partial charge in [-0.3, -0.25) is 0 Å². The van der Waals surface area contributed by atoms with Crippen molar-refractivity contribution in [3.63, 3.8) is 0 Å². The van der Waals surface area contributed by atoms with Crippen molar-refractivity contribution in [3.05, 3.63) is 34.9 Å². The van der Waals surface area contributed by atoms with Gasteiger partial charge in [-0.2, -0.15) is 0 Å². The maximum Gasteiger partial charge on any atom is 0.0725 e. The molecule has 1 heterocycles. The largest absolute Gasteiger partial charge is 0.372 e. The molecule has 0 aliphatic carbocycles. The molecule has 0 aromatic heterocycles. The SMILES string of the molecule is CCCc1ccc2c(c1)COC2. The molecule has 0 atom stereocenters. The second kappa shape index (κ2) is 3.28. The van der Waals surface area contributed by atoms with E-state index in [2.05, 4.69) is 25.1 Å². The lowest BCUT2D eigenvalue weighted by atomic mass is 10.0. The van der Waals surface area contributed by atoms with Gasteiger partial charge in [-0.05, 0) is 23.1 Å². The van der Waals surface area contributed by atoms with E-state index in [1.807, 2.05) is 0 Å². The van der Waals surface area contributed by atoms with Crippen molar-refractivity contribution >= 4 is 0 Å². The summed E-state index contributed by atoms with van der Waals surface area (Å²) in [4.78, 5) is 0. The maximum atomic E-state index is 5.35. The highest BCUT2D eigenvalue weighted by Crippen LogP contribution is 2.21. The molecule has 1 heteroatoms. The van der Waals surface area contributed by atoms with E-state index in [0.29, 0.717) is 0 Å². The van der Waals surface area contributed by atoms with E-state index in [1.54, 1.807) is 0 Å². The van der Waals surface area contributed by atoms with Crippen LogP contribution in [0.2, 0.25) is 0 Å². The van der Waals surface area contributed by atoms with E-state index in [1.165, 1.54) is 29.5 Å². The van der Waals surface area contributed by atoms with E-state index >= 15 is 0 Å². The first-order chi connectivity index (χ1) is 5.90. The summed E-state index contributed by atoms with van der Waals surface area (Å²) in [6.07, 6.45) is 2.41. The average Bonchev–Trinajstić information content (AvgIpc) is 2.51. The van der Waals surface area contributed by atoms with E-state index in [0.717, 1.165) is 13.2 Å². The molecular weight excluding hydrogens is 148 g/mol. The molecule has 1 aliphatic heterocycles. The number of fused-ring (bicyclic) bond motifs is 1. The van der Waals surface area contributed by atoms with E-state index in [9.17, 15) is 0 Å². The van der Waals surface area contributed by atoms with Crippen LogP contribution in [0, 0.1) is 0 Å². The number of hydrogen-bond acceptors (Lipinski definition) is 1. The fraction of sp³-hybridized carbons (Fsp3) is 0.455. The van der Waals surface area contributed by atoms with Gasteiger partial charge in [-0.1, -0.05) is 31.5 Å². The first kappa shape index (κ1) is 7.81. The Bertz CT molecular complexity index is 278. The van der Waals surface area contributed by atoms with Crippen molar-refractivity contribution in [2.75, 3.05) is 0 Å². The molecule has 1 aromatic carbocycles. The van der Waals surface area contributed by atoms with Crippen LogP contribution >= 0.6 is 0 Å². The molecule has 0 unspecified atom stereocenters. The first-order valence-electron chi connectivity index (χ1n) is 4.58. The summed E-state index contributed by atoms with van der Waals surface area (Å²) in [5, 5.41) is 0. The molecule has 0 N–H and O–H groups in total. The second-order valence-corrected chi connectivity index (χ2v) is 3.35. The molecule has 1 nitrogen and oxygen atoms in total. The predicted octanol–water partition coefficient (Wildman–Crippen LogP) is 2.67. The topological polar surface area (TPSA) is 9.23 Å². The highest BCUT2D eigenvalue weighted by molar-refractivity contribution is 5.33. The Morgan fingerprint density at radius 3 is 2.92 bits per heavy atom. The summed E-state index contributed by atoms with van der Waals surface area (Å²) >= 11 is 0. The standard InChI is InChI=1S/C11H14O/c1-2-3-9-4-5-10-7-12-8-11(10)6-9/h4-6H,2-3,7-8H2,1H3. The Balaban J connectivity index is 2.26. The van der Waals surface area contributed by atoms with Gasteiger partial charge in [0.1, 0.15) is 0 Å². The fourth-order valence-electron chi connectivity index (χ4n) is 1.67. The molecule has 0 fully saturated rings. The molecule has 0 bridgehead atoms. The Morgan fingerprint density at radius 1 is 1.25 bits per heavy atom. The van der Waals surface area contributed by atoms with Gasteiger partial charge >= 0.3 is 0 Å². The molecule has 0 amide bonds. The van der Waals surface area contributed by atoms with Crippen LogP contribution in [-0.4, -0.2) is 0 Å². The van der Waals surface area contributed by atoms with Crippen LogP contribution in [0.5, 0.6) is 0 Å². The van der Waals surface area contributed by atoms with Crippen molar-refractivity contribution in [2.24, 2.45) is 0 Å². The van der Waals surface area contributed by atoms with Gasteiger partial charge in [0.25, 0.3) is 0 Å². The van der Waals surface area contributed by atoms with Crippen molar-refractivity contribution in [3.8, 4) is 0 Å². The van der Waals surface area contributed by atoms with Crippen molar-refractivity contribution in [2.45, 2.75) is 33.0 Å². The molecule has 64 valence electrons. The number of rotatable bonds is 2. The zero-order chi connectivity index (χ0) is 8.39. The van der Waals surface area contributed by atoms with Crippen LogP contribution in [0.4, 0.5) is 0 Å². The molecule has 2 rings (SSSR count). The van der Waals surface area contributed by atoms with Crippen molar-refractivity contribution in [1.29, 1.82) is 0 Å². The van der Waals surface area contributed by atoms with Gasteiger partial charge in [0.15, 0.2) is 0 Å². The third-order valence-electron chi connectivity index (χ3n) is 2.32. The molecule has 1 aromatic rings. The number of aryl methyl sites for hydroxylation is 1. The highest BCUT2D eigenvalue weighted by Gasteiger charge is 2.10. The number of hydrogen-bond donors (Lipinski definition) is 0. The zero-order valence-corrected chi connectivity index (χ0v) is 7.47. The lowest BCUT2D eigenvalue weighted by Gasteiger charge is -2.01. The van der Waals surface area contributed by atoms with Crippen LogP contribution in [0.15, 0.2) is 18.2 Å². The summed E-state index contributed by atoms with van der Waals surface area (Å²) in [5.74, 6) is 0. The van der Waals surface area contributed by atoms with Crippen LogP contribution in [0.25, 0.3) is 0 Å². The second-order valence-electron chi connectivity index (χ2n) is 3.35. The van der Waals surface area contributed by atoms with Gasteiger partial charge in [-0.25, -0.2) is 0 Å². The average molecular weight is 162 g/mol. The summed E-state index contributed by atoms with van der Waals surface area (Å²) in [7, 11) is 0. The van der Waals surface area contributed by atoms with E-state index in [4.69, 9.17) is 4.74 Å². The smallest absolute Gasteiger partial charge is 0.0725 e. The predicted molar refractivity (Wildman–Crippen MR) is 48.9 cm³/mol. The minimum absolute atomic E-state index is 0.807. The molecule has 0 saturated heterocycles. The highest BCUT2D eigenvalue weighted by atomic mass is 16.5. The quantitative estimate of drug-likeness (QED) is 0.649. The number of benzene rings is 1. The van der Waals surface area contributed by atoms with Crippen molar-refractivity contribution in [1.82, 2.24) is 0 Å². The van der Waals surface area contributed by atoms with Crippen LogP contribution in [0.1, 0.15) is 30.0 Å². The van der Waals surface area contributed by atoms with Gasteiger partial charge in [0.2, 0.25) is 0 Å². The van der Waals surface area contributed by atoms with Crippen molar-refractivity contribution < 1.29 is 4.74 Å². The van der Waals surface area contributed by atoms with Crippen LogP contribution in [0.3, 0.4) is 0 Å². The zero-order valence-electron chi connectivity index (χ0n) is 7.47. The molecule has 12 heavy (non-hydrogen) atoms. The van der Waals surface area contributed by atoms with Gasteiger partial charge in [0.05, 0.1) is 13.2 Å². The summed E-state index contributed by atoms with van der Waals surface area (Å²) in [6, 6.07) is 6.70. The Morgan fingerprint density at radius 2 is 2.08 bits per heavy atom. The summed E-state index contributed by atoms with van der Waals surface area (Å²) in [5.41, 5.74) is 4.21. The molecule has 0 saturated carbocycles. The molecule has 0 spiro atoms. The molecule has 1 aliphatic rings. The monoisotopic (exact) mass is 162 g/mol. The number of ether oxygens (including phenoxy) is 1. The third-order valence-corrected chi connectivity index (χ3v) is 2.32. The Hall–Kier alpha value is -0.820. The minimum atomic E-state index is 0.807. The Labute approximate surface area is 73.4 Å². The summed E-state index contributed by atoms with van der Waals surface area (Å²) < 4.78 is 5.35. The summed E-state index contributed by atoms with van der Waals surface area (Å²) in [6.45, 7) is 3.83. The van der Waals surface area contributed by atoms with E-state index in [-0.39, 0.29) is 0 Å². The van der Waals surface area contributed by atoms with Crippen LogP contribution < -0.4 is 0 Å². The maximum absolute atomic E-state index is 5.35. The normalized spacial score (nSPS) is 14.8. The van der Waals surface area contributed by atoms with Gasteiger partial charge in [0, 0.05) is 0 Å². The third kappa shape index (κ3) is 1.37. The Kier molecular flexibility index (Phi) is 2.13. The van der Waals surface area contributed by atoms with E-state index < -0.39 is 0 Å². The first-order valence-corrected chi connectivity index (χ1v) is 4.58. The van der Waals surface area contributed by atoms with Gasteiger partial charge < -0.3 is 4.74 Å². The molecule has 0 radical (unpaired) electrons. The van der Waals surface area contributed by atoms with Crippen LogP contribution in [-0.2, 0) is 24.4 Å². The van der Waals surface area contributed by atoms with Gasteiger partial charge in [-0.15, -0.1) is 0 Å². The lowest BCUT2D eigenvalue weighted by molar-refractivity contribution is 0.134.